The van der Waals surface area contributed by atoms with Gasteiger partial charge in [-0.25, -0.2) is 4.39 Å². The number of nitrogens with zero attached hydrogens (tertiary/aromatic N) is 1. The summed E-state index contributed by atoms with van der Waals surface area (Å²) >= 11 is 0. The van der Waals surface area contributed by atoms with Crippen LogP contribution in [0.2, 0.25) is 0 Å². The fourth-order valence-corrected chi connectivity index (χ4v) is 2.83. The van der Waals surface area contributed by atoms with E-state index < -0.39 is 0 Å². The van der Waals surface area contributed by atoms with Crippen LogP contribution in [0.25, 0.3) is 0 Å². The van der Waals surface area contributed by atoms with Gasteiger partial charge in [0.15, 0.2) is 0 Å². The number of nitrogens with one attached hydrogen (secondary N) is 1. The molecule has 1 aromatic carbocycles. The lowest BCUT2D eigenvalue weighted by molar-refractivity contribution is 0.108. The Kier molecular flexibility index (Phi) is 4.94. The lowest BCUT2D eigenvalue weighted by Gasteiger charge is -2.39. The van der Waals surface area contributed by atoms with Crippen LogP contribution >= 0.6 is 0 Å². The highest BCUT2D eigenvalue weighted by Crippen LogP contribution is 2.20. The van der Waals surface area contributed by atoms with E-state index in [0.717, 1.165) is 31.7 Å². The minimum absolute atomic E-state index is 0.129. The Morgan fingerprint density at radius 2 is 2.26 bits per heavy atom. The van der Waals surface area contributed by atoms with Gasteiger partial charge in [-0.2, -0.15) is 0 Å². The molecule has 1 aliphatic rings. The van der Waals surface area contributed by atoms with E-state index >= 15 is 0 Å². The summed E-state index contributed by atoms with van der Waals surface area (Å²) in [6.45, 7) is 10.6. The lowest BCUT2D eigenvalue weighted by Crippen LogP contribution is -2.53. The molecule has 2 nitrogen and oxygen atoms in total. The summed E-state index contributed by atoms with van der Waals surface area (Å²) in [5, 5.41) is 3.48. The molecule has 106 valence electrons. The second-order valence-corrected chi connectivity index (χ2v) is 5.70. The van der Waals surface area contributed by atoms with Crippen molar-refractivity contribution in [2.45, 2.75) is 39.8 Å². The molecular weight excluding hydrogens is 239 g/mol. The first-order chi connectivity index (χ1) is 9.11. The van der Waals surface area contributed by atoms with Crippen molar-refractivity contribution >= 4 is 0 Å². The fourth-order valence-electron chi connectivity index (χ4n) is 2.83. The van der Waals surface area contributed by atoms with Gasteiger partial charge < -0.3 is 5.32 Å². The van der Waals surface area contributed by atoms with Crippen LogP contribution in [-0.4, -0.2) is 30.6 Å². The maximum Gasteiger partial charge on any atom is 0.123 e. The maximum atomic E-state index is 13.4. The molecule has 0 spiro atoms. The Hall–Kier alpha value is -0.930. The number of piperazine rings is 1. The normalized spacial score (nSPS) is 22.4. The Balaban J connectivity index is 2.12. The first-order valence-corrected chi connectivity index (χ1v) is 7.31. The van der Waals surface area contributed by atoms with Crippen LogP contribution in [0.3, 0.4) is 0 Å². The molecule has 0 amide bonds. The SMILES string of the molecule is CCC(C)C1CNCCN1Cc1cc(F)ccc1C. The highest BCUT2D eigenvalue weighted by atomic mass is 19.1. The average molecular weight is 264 g/mol. The molecule has 1 aliphatic heterocycles. The van der Waals surface area contributed by atoms with Gasteiger partial charge in [-0.15, -0.1) is 0 Å². The van der Waals surface area contributed by atoms with Gasteiger partial charge in [0.05, 0.1) is 0 Å². The Labute approximate surface area is 116 Å². The first kappa shape index (κ1) is 14.5. The van der Waals surface area contributed by atoms with Crippen molar-refractivity contribution in [1.29, 1.82) is 0 Å². The monoisotopic (exact) mass is 264 g/mol. The van der Waals surface area contributed by atoms with Crippen molar-refractivity contribution in [3.63, 3.8) is 0 Å². The summed E-state index contributed by atoms with van der Waals surface area (Å²) in [5.74, 6) is 0.539. The molecule has 2 atom stereocenters. The average Bonchev–Trinajstić information content (AvgIpc) is 2.42. The van der Waals surface area contributed by atoms with Gasteiger partial charge in [0.2, 0.25) is 0 Å². The highest BCUT2D eigenvalue weighted by molar-refractivity contribution is 5.26. The van der Waals surface area contributed by atoms with Crippen molar-refractivity contribution in [3.05, 3.63) is 35.1 Å². The summed E-state index contributed by atoms with van der Waals surface area (Å²) in [4.78, 5) is 2.51. The van der Waals surface area contributed by atoms with Crippen LogP contribution in [0.1, 0.15) is 31.4 Å². The predicted octanol–water partition coefficient (Wildman–Crippen LogP) is 2.95. The molecule has 0 aromatic heterocycles. The van der Waals surface area contributed by atoms with E-state index in [0.29, 0.717) is 12.0 Å². The summed E-state index contributed by atoms with van der Waals surface area (Å²) in [6, 6.07) is 5.67. The van der Waals surface area contributed by atoms with E-state index in [4.69, 9.17) is 0 Å². The summed E-state index contributed by atoms with van der Waals surface area (Å²) in [7, 11) is 0. The molecule has 0 aliphatic carbocycles. The van der Waals surface area contributed by atoms with Gasteiger partial charge >= 0.3 is 0 Å². The van der Waals surface area contributed by atoms with Crippen LogP contribution in [0.4, 0.5) is 4.39 Å². The highest BCUT2D eigenvalue weighted by Gasteiger charge is 2.26. The zero-order valence-corrected chi connectivity index (χ0v) is 12.2. The van der Waals surface area contributed by atoms with Crippen molar-refractivity contribution in [2.75, 3.05) is 19.6 Å². The third-order valence-electron chi connectivity index (χ3n) is 4.38. The van der Waals surface area contributed by atoms with E-state index in [1.54, 1.807) is 12.1 Å². The van der Waals surface area contributed by atoms with Crippen molar-refractivity contribution in [3.8, 4) is 0 Å². The second kappa shape index (κ2) is 6.49. The van der Waals surface area contributed by atoms with E-state index in [2.05, 4.69) is 31.0 Å². The van der Waals surface area contributed by atoms with Gasteiger partial charge in [-0.1, -0.05) is 26.3 Å². The number of benzene rings is 1. The molecule has 1 fully saturated rings. The van der Waals surface area contributed by atoms with Crippen molar-refractivity contribution in [2.24, 2.45) is 5.92 Å². The van der Waals surface area contributed by atoms with E-state index in [-0.39, 0.29) is 5.82 Å². The zero-order chi connectivity index (χ0) is 13.8. The molecule has 2 rings (SSSR count). The molecule has 0 bridgehead atoms. The van der Waals surface area contributed by atoms with E-state index in [9.17, 15) is 4.39 Å². The Bertz CT molecular complexity index is 419. The smallest absolute Gasteiger partial charge is 0.123 e. The summed E-state index contributed by atoms with van der Waals surface area (Å²) < 4.78 is 13.4. The molecule has 1 aromatic rings. The van der Waals surface area contributed by atoms with Gasteiger partial charge in [0, 0.05) is 32.2 Å². The van der Waals surface area contributed by atoms with Crippen LogP contribution in [0, 0.1) is 18.7 Å². The Morgan fingerprint density at radius 1 is 1.47 bits per heavy atom. The molecule has 2 unspecified atom stereocenters. The van der Waals surface area contributed by atoms with Gasteiger partial charge in [-0.3, -0.25) is 4.90 Å². The second-order valence-electron chi connectivity index (χ2n) is 5.70. The number of rotatable bonds is 4. The van der Waals surface area contributed by atoms with Crippen LogP contribution < -0.4 is 5.32 Å². The maximum absolute atomic E-state index is 13.4. The van der Waals surface area contributed by atoms with Gasteiger partial charge in [0.25, 0.3) is 0 Å². The van der Waals surface area contributed by atoms with E-state index in [1.165, 1.54) is 12.0 Å². The predicted molar refractivity (Wildman–Crippen MR) is 77.7 cm³/mol. The summed E-state index contributed by atoms with van der Waals surface area (Å²) in [5.41, 5.74) is 2.30. The van der Waals surface area contributed by atoms with Gasteiger partial charge in [-0.05, 0) is 36.1 Å². The van der Waals surface area contributed by atoms with Crippen molar-refractivity contribution < 1.29 is 4.39 Å². The molecule has 0 saturated carbocycles. The first-order valence-electron chi connectivity index (χ1n) is 7.31. The molecule has 1 saturated heterocycles. The third kappa shape index (κ3) is 3.54. The van der Waals surface area contributed by atoms with Crippen LogP contribution in [0.15, 0.2) is 18.2 Å². The molecular formula is C16H25FN2. The number of hydrogen-bond donors (Lipinski definition) is 1. The van der Waals surface area contributed by atoms with Crippen molar-refractivity contribution in [1.82, 2.24) is 10.2 Å². The molecule has 1 heterocycles. The summed E-state index contributed by atoms with van der Waals surface area (Å²) in [6.07, 6.45) is 1.19. The third-order valence-corrected chi connectivity index (χ3v) is 4.38. The molecule has 0 radical (unpaired) electrons. The standard InChI is InChI=1S/C16H25FN2/c1-4-12(2)16-10-18-7-8-19(16)11-14-9-15(17)6-5-13(14)3/h5-6,9,12,16,18H,4,7-8,10-11H2,1-3H3. The fraction of sp³-hybridized carbons (Fsp3) is 0.625. The van der Waals surface area contributed by atoms with E-state index in [1.807, 2.05) is 6.07 Å². The molecule has 3 heteroatoms. The quantitative estimate of drug-likeness (QED) is 0.899. The molecule has 19 heavy (non-hydrogen) atoms. The minimum atomic E-state index is -0.129. The lowest BCUT2D eigenvalue weighted by atomic mass is 9.95. The number of hydrogen-bond acceptors (Lipinski definition) is 2. The zero-order valence-electron chi connectivity index (χ0n) is 12.2. The van der Waals surface area contributed by atoms with Gasteiger partial charge in [0.1, 0.15) is 5.82 Å². The Morgan fingerprint density at radius 3 is 3.00 bits per heavy atom. The van der Waals surface area contributed by atoms with Crippen LogP contribution in [-0.2, 0) is 6.54 Å². The minimum Gasteiger partial charge on any atom is -0.314 e. The topological polar surface area (TPSA) is 15.3 Å². The molecule has 1 N–H and O–H groups in total. The number of aryl methyl sites for hydroxylation is 1. The largest absolute Gasteiger partial charge is 0.314 e. The number of halogens is 1. The van der Waals surface area contributed by atoms with Crippen LogP contribution in [0.5, 0.6) is 0 Å².